The Morgan fingerprint density at radius 3 is 2.28 bits per heavy atom. The number of nitrogens with two attached hydrogens (primary N) is 1. The van der Waals surface area contributed by atoms with Gasteiger partial charge in [0.05, 0.1) is 17.8 Å². The number of hydrogen-bond acceptors (Lipinski definition) is 3. The lowest BCUT2D eigenvalue weighted by Crippen LogP contribution is -2.44. The zero-order valence-corrected chi connectivity index (χ0v) is 11.3. The van der Waals surface area contributed by atoms with Gasteiger partial charge in [0, 0.05) is 12.0 Å². The molecular formula is C12H22F3NO2. The van der Waals surface area contributed by atoms with E-state index >= 15 is 0 Å². The van der Waals surface area contributed by atoms with Gasteiger partial charge >= 0.3 is 6.18 Å². The van der Waals surface area contributed by atoms with Crippen molar-refractivity contribution in [2.45, 2.75) is 57.5 Å². The Labute approximate surface area is 106 Å². The van der Waals surface area contributed by atoms with Crippen LogP contribution < -0.4 is 5.73 Å². The molecule has 1 rings (SSSR count). The van der Waals surface area contributed by atoms with Crippen LogP contribution in [0, 0.1) is 5.92 Å². The van der Waals surface area contributed by atoms with Crippen molar-refractivity contribution in [2.24, 2.45) is 11.7 Å². The fourth-order valence-corrected chi connectivity index (χ4v) is 2.70. The van der Waals surface area contributed by atoms with Gasteiger partial charge in [-0.3, -0.25) is 0 Å². The van der Waals surface area contributed by atoms with Crippen molar-refractivity contribution in [1.29, 1.82) is 0 Å². The maximum absolute atomic E-state index is 12.0. The van der Waals surface area contributed by atoms with E-state index < -0.39 is 24.4 Å². The zero-order chi connectivity index (χ0) is 14.2. The first-order valence-corrected chi connectivity index (χ1v) is 6.03. The number of hydrogen-bond donors (Lipinski definition) is 1. The molecule has 0 saturated carbocycles. The monoisotopic (exact) mass is 269 g/mol. The minimum absolute atomic E-state index is 0.0132. The lowest BCUT2D eigenvalue weighted by molar-refractivity contribution is -0.176. The zero-order valence-electron chi connectivity index (χ0n) is 11.3. The highest BCUT2D eigenvalue weighted by molar-refractivity contribution is 4.98. The van der Waals surface area contributed by atoms with Gasteiger partial charge in [-0.25, -0.2) is 0 Å². The molecule has 0 radical (unpaired) electrons. The molecule has 1 aliphatic heterocycles. The van der Waals surface area contributed by atoms with E-state index in [-0.39, 0.29) is 18.1 Å². The fourth-order valence-electron chi connectivity index (χ4n) is 2.70. The third-order valence-corrected chi connectivity index (χ3v) is 3.24. The van der Waals surface area contributed by atoms with Crippen LogP contribution in [0.4, 0.5) is 13.2 Å². The van der Waals surface area contributed by atoms with Crippen molar-refractivity contribution >= 4 is 0 Å². The summed E-state index contributed by atoms with van der Waals surface area (Å²) in [6, 6.07) is -0.455. The van der Waals surface area contributed by atoms with Crippen molar-refractivity contribution in [3.63, 3.8) is 0 Å². The summed E-state index contributed by atoms with van der Waals surface area (Å²) in [5.74, 6) is -0.0132. The molecule has 108 valence electrons. The topological polar surface area (TPSA) is 44.5 Å². The van der Waals surface area contributed by atoms with Gasteiger partial charge in [-0.05, 0) is 34.1 Å². The van der Waals surface area contributed by atoms with E-state index in [1.165, 1.54) is 0 Å². The van der Waals surface area contributed by atoms with Gasteiger partial charge in [0.25, 0.3) is 0 Å². The van der Waals surface area contributed by atoms with Gasteiger partial charge in [-0.2, -0.15) is 13.2 Å². The SMILES string of the molecule is CC1(C)CC(C(N)COCC(F)(F)F)C(C)(C)O1. The summed E-state index contributed by atoms with van der Waals surface area (Å²) >= 11 is 0. The average Bonchev–Trinajstić information content (AvgIpc) is 2.31. The van der Waals surface area contributed by atoms with Crippen LogP contribution in [0.25, 0.3) is 0 Å². The van der Waals surface area contributed by atoms with Gasteiger partial charge in [0.1, 0.15) is 6.61 Å². The number of ether oxygens (including phenoxy) is 2. The maximum Gasteiger partial charge on any atom is 0.411 e. The van der Waals surface area contributed by atoms with Crippen LogP contribution in [-0.2, 0) is 9.47 Å². The molecule has 1 aliphatic rings. The van der Waals surface area contributed by atoms with Gasteiger partial charge in [-0.1, -0.05) is 0 Å². The van der Waals surface area contributed by atoms with Crippen molar-refractivity contribution in [1.82, 2.24) is 0 Å². The third-order valence-electron chi connectivity index (χ3n) is 3.24. The highest BCUT2D eigenvalue weighted by Crippen LogP contribution is 2.43. The van der Waals surface area contributed by atoms with Crippen LogP contribution in [-0.4, -0.2) is 36.6 Å². The highest BCUT2D eigenvalue weighted by Gasteiger charge is 2.48. The van der Waals surface area contributed by atoms with Crippen LogP contribution in [0.15, 0.2) is 0 Å². The van der Waals surface area contributed by atoms with Gasteiger partial charge in [0.15, 0.2) is 0 Å². The van der Waals surface area contributed by atoms with E-state index in [0.29, 0.717) is 0 Å². The normalized spacial score (nSPS) is 28.3. The van der Waals surface area contributed by atoms with Crippen LogP contribution in [0.1, 0.15) is 34.1 Å². The average molecular weight is 269 g/mol. The first kappa shape index (κ1) is 15.7. The molecule has 0 aromatic carbocycles. The molecule has 1 fully saturated rings. The second-order valence-electron chi connectivity index (χ2n) is 6.07. The van der Waals surface area contributed by atoms with Crippen LogP contribution in [0.3, 0.4) is 0 Å². The van der Waals surface area contributed by atoms with Crippen molar-refractivity contribution in [2.75, 3.05) is 13.2 Å². The molecule has 3 nitrogen and oxygen atoms in total. The van der Waals surface area contributed by atoms with Crippen molar-refractivity contribution in [3.05, 3.63) is 0 Å². The van der Waals surface area contributed by atoms with Crippen LogP contribution >= 0.6 is 0 Å². The molecule has 1 heterocycles. The predicted molar refractivity (Wildman–Crippen MR) is 62.2 cm³/mol. The Balaban J connectivity index is 2.49. The Morgan fingerprint density at radius 1 is 1.33 bits per heavy atom. The summed E-state index contributed by atoms with van der Waals surface area (Å²) in [7, 11) is 0. The molecule has 2 atom stereocenters. The van der Waals surface area contributed by atoms with Crippen molar-refractivity contribution in [3.8, 4) is 0 Å². The Hall–Kier alpha value is -0.330. The number of alkyl halides is 3. The molecule has 0 aliphatic carbocycles. The standard InChI is InChI=1S/C12H22F3NO2/c1-10(2)5-8(11(3,4)18-10)9(16)6-17-7-12(13,14)15/h8-9H,5-7,16H2,1-4H3. The first-order valence-electron chi connectivity index (χ1n) is 6.03. The summed E-state index contributed by atoms with van der Waals surface area (Å²) in [5.41, 5.74) is 5.20. The quantitative estimate of drug-likeness (QED) is 0.852. The molecule has 2 N–H and O–H groups in total. The minimum Gasteiger partial charge on any atom is -0.370 e. The molecule has 0 bridgehead atoms. The lowest BCUT2D eigenvalue weighted by Gasteiger charge is -2.30. The Kier molecular flexibility index (Phi) is 4.35. The van der Waals surface area contributed by atoms with E-state index in [9.17, 15) is 13.2 Å². The number of rotatable bonds is 4. The summed E-state index contributed by atoms with van der Waals surface area (Å²) in [4.78, 5) is 0. The van der Waals surface area contributed by atoms with Crippen LogP contribution in [0.2, 0.25) is 0 Å². The Bertz CT molecular complexity index is 290. The van der Waals surface area contributed by atoms with E-state index in [0.717, 1.165) is 6.42 Å². The van der Waals surface area contributed by atoms with Gasteiger partial charge < -0.3 is 15.2 Å². The van der Waals surface area contributed by atoms with Gasteiger partial charge in [-0.15, -0.1) is 0 Å². The van der Waals surface area contributed by atoms with E-state index in [2.05, 4.69) is 4.74 Å². The summed E-state index contributed by atoms with van der Waals surface area (Å²) < 4.78 is 46.4. The lowest BCUT2D eigenvalue weighted by atomic mass is 9.82. The van der Waals surface area contributed by atoms with Gasteiger partial charge in [0.2, 0.25) is 0 Å². The molecule has 0 aromatic heterocycles. The number of halogens is 3. The largest absolute Gasteiger partial charge is 0.411 e. The Morgan fingerprint density at radius 2 is 1.89 bits per heavy atom. The third kappa shape index (κ3) is 4.40. The molecule has 1 saturated heterocycles. The molecule has 2 unspecified atom stereocenters. The predicted octanol–water partition coefficient (Wildman–Crippen LogP) is 2.49. The van der Waals surface area contributed by atoms with E-state index in [1.54, 1.807) is 0 Å². The summed E-state index contributed by atoms with van der Waals surface area (Å²) in [6.07, 6.45) is -3.59. The molecular weight excluding hydrogens is 247 g/mol. The van der Waals surface area contributed by atoms with Crippen molar-refractivity contribution < 1.29 is 22.6 Å². The molecule has 0 aromatic rings. The second-order valence-corrected chi connectivity index (χ2v) is 6.07. The van der Waals surface area contributed by atoms with E-state index in [1.807, 2.05) is 27.7 Å². The van der Waals surface area contributed by atoms with Crippen LogP contribution in [0.5, 0.6) is 0 Å². The molecule has 6 heteroatoms. The highest BCUT2D eigenvalue weighted by atomic mass is 19.4. The fraction of sp³-hybridized carbons (Fsp3) is 1.00. The smallest absolute Gasteiger partial charge is 0.370 e. The molecule has 0 amide bonds. The summed E-state index contributed by atoms with van der Waals surface area (Å²) in [5, 5.41) is 0. The molecule has 18 heavy (non-hydrogen) atoms. The minimum atomic E-state index is -4.30. The molecule has 0 spiro atoms. The maximum atomic E-state index is 12.0. The first-order chi connectivity index (χ1) is 7.93. The second kappa shape index (κ2) is 4.98. The van der Waals surface area contributed by atoms with E-state index in [4.69, 9.17) is 10.5 Å². The summed E-state index contributed by atoms with van der Waals surface area (Å²) in [6.45, 7) is 6.38.